The molecule has 0 aliphatic rings. The number of aryl methyl sites for hydroxylation is 1. The molecule has 2 N–H and O–H groups in total. The van der Waals surface area contributed by atoms with Crippen molar-refractivity contribution < 1.29 is 0 Å². The first kappa shape index (κ1) is 9.90. The van der Waals surface area contributed by atoms with Crippen molar-refractivity contribution in [3.05, 3.63) is 48.8 Å². The number of anilines is 1. The molecule has 2 heterocycles. The Hall–Kier alpha value is -2.29. The van der Waals surface area contributed by atoms with E-state index in [9.17, 15) is 0 Å². The third-order valence-electron chi connectivity index (χ3n) is 3.03. The van der Waals surface area contributed by atoms with Gasteiger partial charge < -0.3 is 10.3 Å². The minimum absolute atomic E-state index is 0.573. The van der Waals surface area contributed by atoms with Crippen molar-refractivity contribution in [3.63, 3.8) is 0 Å². The number of benzene rings is 1. The van der Waals surface area contributed by atoms with Gasteiger partial charge in [0.05, 0.1) is 0 Å². The first-order valence-electron chi connectivity index (χ1n) is 5.52. The standard InChI is InChI=1S/C14H13N3/c1-17-9-12(10-5-2-3-7-13(10)17)11-6-4-8-16-14(11)15/h2-9H,1H3,(H2,15,16). The van der Waals surface area contributed by atoms with Crippen LogP contribution < -0.4 is 5.73 Å². The molecule has 0 bridgehead atoms. The maximum atomic E-state index is 5.93. The molecule has 0 atom stereocenters. The average Bonchev–Trinajstić information content (AvgIpc) is 2.68. The van der Waals surface area contributed by atoms with Crippen LogP contribution in [0.4, 0.5) is 5.82 Å². The monoisotopic (exact) mass is 223 g/mol. The summed E-state index contributed by atoms with van der Waals surface area (Å²) < 4.78 is 2.11. The van der Waals surface area contributed by atoms with E-state index in [1.165, 1.54) is 10.9 Å². The molecule has 3 nitrogen and oxygen atoms in total. The van der Waals surface area contributed by atoms with Gasteiger partial charge in [0.2, 0.25) is 0 Å². The van der Waals surface area contributed by atoms with Crippen molar-refractivity contribution in [2.45, 2.75) is 0 Å². The summed E-state index contributed by atoms with van der Waals surface area (Å²) in [6.45, 7) is 0. The van der Waals surface area contributed by atoms with Crippen molar-refractivity contribution in [2.75, 3.05) is 5.73 Å². The fraction of sp³-hybridized carbons (Fsp3) is 0.0714. The van der Waals surface area contributed by atoms with Gasteiger partial charge in [-0.25, -0.2) is 4.98 Å². The minimum Gasteiger partial charge on any atom is -0.383 e. The van der Waals surface area contributed by atoms with E-state index in [1.54, 1.807) is 6.20 Å². The molecular formula is C14H13N3. The molecule has 3 heteroatoms. The Morgan fingerprint density at radius 2 is 1.88 bits per heavy atom. The largest absolute Gasteiger partial charge is 0.383 e. The van der Waals surface area contributed by atoms with Crippen LogP contribution >= 0.6 is 0 Å². The average molecular weight is 223 g/mol. The minimum atomic E-state index is 0.573. The molecule has 0 fully saturated rings. The Labute approximate surface area is 99.5 Å². The van der Waals surface area contributed by atoms with Gasteiger partial charge >= 0.3 is 0 Å². The molecule has 3 rings (SSSR count). The molecule has 17 heavy (non-hydrogen) atoms. The predicted octanol–water partition coefficient (Wildman–Crippen LogP) is 2.82. The number of fused-ring (bicyclic) bond motifs is 1. The highest BCUT2D eigenvalue weighted by Gasteiger charge is 2.10. The van der Waals surface area contributed by atoms with E-state index in [0.29, 0.717) is 5.82 Å². The summed E-state index contributed by atoms with van der Waals surface area (Å²) in [5.41, 5.74) is 9.26. The lowest BCUT2D eigenvalue weighted by molar-refractivity contribution is 0.970. The number of aromatic nitrogens is 2. The molecule has 0 saturated carbocycles. The summed E-state index contributed by atoms with van der Waals surface area (Å²) in [6, 6.07) is 12.2. The maximum absolute atomic E-state index is 5.93. The first-order valence-corrected chi connectivity index (χ1v) is 5.52. The van der Waals surface area contributed by atoms with Gasteiger partial charge in [-0.15, -0.1) is 0 Å². The summed E-state index contributed by atoms with van der Waals surface area (Å²) in [4.78, 5) is 4.14. The molecule has 0 saturated heterocycles. The Morgan fingerprint density at radius 3 is 2.71 bits per heavy atom. The van der Waals surface area contributed by atoms with Crippen LogP contribution in [0.15, 0.2) is 48.8 Å². The summed E-state index contributed by atoms with van der Waals surface area (Å²) in [5, 5.41) is 1.20. The number of pyridine rings is 1. The van der Waals surface area contributed by atoms with Gasteiger partial charge in [-0.1, -0.05) is 18.2 Å². The van der Waals surface area contributed by atoms with E-state index in [2.05, 4.69) is 27.9 Å². The number of hydrogen-bond acceptors (Lipinski definition) is 2. The van der Waals surface area contributed by atoms with Gasteiger partial charge in [-0.05, 0) is 18.2 Å². The fourth-order valence-electron chi connectivity index (χ4n) is 2.20. The van der Waals surface area contributed by atoms with E-state index in [4.69, 9.17) is 5.73 Å². The van der Waals surface area contributed by atoms with Crippen LogP contribution in [0, 0.1) is 0 Å². The molecule has 0 aliphatic heterocycles. The highest BCUT2D eigenvalue weighted by Crippen LogP contribution is 2.32. The van der Waals surface area contributed by atoms with E-state index >= 15 is 0 Å². The smallest absolute Gasteiger partial charge is 0.131 e. The van der Waals surface area contributed by atoms with E-state index < -0.39 is 0 Å². The number of hydrogen-bond donors (Lipinski definition) is 1. The van der Waals surface area contributed by atoms with Gasteiger partial charge in [-0.3, -0.25) is 0 Å². The number of rotatable bonds is 1. The second-order valence-corrected chi connectivity index (χ2v) is 4.11. The van der Waals surface area contributed by atoms with Gasteiger partial charge in [0, 0.05) is 41.5 Å². The van der Waals surface area contributed by atoms with Crippen molar-refractivity contribution >= 4 is 16.7 Å². The maximum Gasteiger partial charge on any atom is 0.131 e. The number of nitrogen functional groups attached to an aromatic ring is 1. The molecule has 0 amide bonds. The second-order valence-electron chi connectivity index (χ2n) is 4.11. The zero-order chi connectivity index (χ0) is 11.8. The first-order chi connectivity index (χ1) is 8.27. The van der Waals surface area contributed by atoms with Gasteiger partial charge in [-0.2, -0.15) is 0 Å². The van der Waals surface area contributed by atoms with Crippen LogP contribution in [0.1, 0.15) is 0 Å². The fourth-order valence-corrected chi connectivity index (χ4v) is 2.20. The Morgan fingerprint density at radius 1 is 1.06 bits per heavy atom. The van der Waals surface area contributed by atoms with E-state index in [-0.39, 0.29) is 0 Å². The summed E-state index contributed by atoms with van der Waals surface area (Å²) in [7, 11) is 2.04. The molecule has 2 aromatic heterocycles. The predicted molar refractivity (Wildman–Crippen MR) is 70.6 cm³/mol. The van der Waals surface area contributed by atoms with Gasteiger partial charge in [0.1, 0.15) is 5.82 Å². The Balaban J connectivity index is 2.35. The number of para-hydroxylation sites is 1. The Kier molecular flexibility index (Phi) is 2.11. The number of nitrogens with two attached hydrogens (primary N) is 1. The number of nitrogens with zero attached hydrogens (tertiary/aromatic N) is 2. The van der Waals surface area contributed by atoms with Gasteiger partial charge in [0.15, 0.2) is 0 Å². The molecule has 0 unspecified atom stereocenters. The molecular weight excluding hydrogens is 210 g/mol. The SMILES string of the molecule is Cn1cc(-c2cccnc2N)c2ccccc21. The topological polar surface area (TPSA) is 43.8 Å². The van der Waals surface area contributed by atoms with Crippen molar-refractivity contribution in [3.8, 4) is 11.1 Å². The van der Waals surface area contributed by atoms with E-state index in [1.807, 2.05) is 31.3 Å². The van der Waals surface area contributed by atoms with E-state index in [0.717, 1.165) is 11.1 Å². The lowest BCUT2D eigenvalue weighted by atomic mass is 10.1. The molecule has 84 valence electrons. The normalized spacial score (nSPS) is 10.9. The van der Waals surface area contributed by atoms with Crippen LogP contribution in [0.2, 0.25) is 0 Å². The zero-order valence-corrected chi connectivity index (χ0v) is 9.59. The molecule has 0 radical (unpaired) electrons. The van der Waals surface area contributed by atoms with Crippen molar-refractivity contribution in [1.29, 1.82) is 0 Å². The molecule has 0 aliphatic carbocycles. The van der Waals surface area contributed by atoms with Crippen LogP contribution in [0.3, 0.4) is 0 Å². The van der Waals surface area contributed by atoms with Crippen molar-refractivity contribution in [1.82, 2.24) is 9.55 Å². The van der Waals surface area contributed by atoms with Gasteiger partial charge in [0.25, 0.3) is 0 Å². The third kappa shape index (κ3) is 1.47. The summed E-state index contributed by atoms with van der Waals surface area (Å²) in [5.74, 6) is 0.573. The molecule has 1 aromatic carbocycles. The molecule has 3 aromatic rings. The lowest BCUT2D eigenvalue weighted by Crippen LogP contribution is -1.92. The second kappa shape index (κ2) is 3.63. The molecule has 0 spiro atoms. The zero-order valence-electron chi connectivity index (χ0n) is 9.59. The summed E-state index contributed by atoms with van der Waals surface area (Å²) >= 11 is 0. The third-order valence-corrected chi connectivity index (χ3v) is 3.03. The Bertz CT molecular complexity index is 683. The van der Waals surface area contributed by atoms with Crippen LogP contribution in [0.5, 0.6) is 0 Å². The van der Waals surface area contributed by atoms with Crippen LogP contribution in [-0.4, -0.2) is 9.55 Å². The van der Waals surface area contributed by atoms with Crippen LogP contribution in [-0.2, 0) is 7.05 Å². The highest BCUT2D eigenvalue weighted by molar-refractivity contribution is 5.98. The van der Waals surface area contributed by atoms with Crippen LogP contribution in [0.25, 0.3) is 22.0 Å². The highest BCUT2D eigenvalue weighted by atomic mass is 14.9. The summed E-state index contributed by atoms with van der Waals surface area (Å²) in [6.07, 6.45) is 3.81. The van der Waals surface area contributed by atoms with Crippen molar-refractivity contribution in [2.24, 2.45) is 7.05 Å². The lowest BCUT2D eigenvalue weighted by Gasteiger charge is -2.02. The quantitative estimate of drug-likeness (QED) is 0.689.